The summed E-state index contributed by atoms with van der Waals surface area (Å²) in [7, 11) is 1.48. The van der Waals surface area contributed by atoms with Crippen LogP contribution in [0.4, 0.5) is 8.78 Å². The van der Waals surface area contributed by atoms with Gasteiger partial charge in [-0.05, 0) is 24.3 Å². The largest absolute Gasteiger partial charge is 0.497 e. The van der Waals surface area contributed by atoms with E-state index in [9.17, 15) is 13.6 Å². The van der Waals surface area contributed by atoms with Gasteiger partial charge in [-0.1, -0.05) is 18.2 Å². The maximum atomic E-state index is 13.9. The van der Waals surface area contributed by atoms with Crippen LogP contribution in [-0.2, 0) is 0 Å². The number of hydrogen-bond donors (Lipinski definition) is 1. The summed E-state index contributed by atoms with van der Waals surface area (Å²) in [6.07, 6.45) is 0. The molecule has 7 heteroatoms. The Hall–Kier alpha value is -3.22. The minimum Gasteiger partial charge on any atom is -0.497 e. The average molecular weight is 330 g/mol. The van der Waals surface area contributed by atoms with Crippen molar-refractivity contribution in [2.24, 2.45) is 5.73 Å². The van der Waals surface area contributed by atoms with Crippen LogP contribution in [0.15, 0.2) is 46.9 Å². The zero-order valence-electron chi connectivity index (χ0n) is 12.5. The molecule has 0 radical (unpaired) electrons. The molecule has 0 aliphatic heterocycles. The van der Waals surface area contributed by atoms with Gasteiger partial charge in [0.25, 0.3) is 5.91 Å². The number of hydrogen-bond acceptors (Lipinski definition) is 4. The van der Waals surface area contributed by atoms with Crippen molar-refractivity contribution in [3.63, 3.8) is 0 Å². The highest BCUT2D eigenvalue weighted by Gasteiger charge is 2.24. The van der Waals surface area contributed by atoms with Crippen molar-refractivity contribution in [1.29, 1.82) is 0 Å². The highest BCUT2D eigenvalue weighted by atomic mass is 19.1. The summed E-state index contributed by atoms with van der Waals surface area (Å²) in [5.41, 5.74) is 5.07. The smallest absolute Gasteiger partial charge is 0.271 e. The second-order valence-electron chi connectivity index (χ2n) is 4.89. The van der Waals surface area contributed by atoms with Gasteiger partial charge in [0.2, 0.25) is 5.89 Å². The van der Waals surface area contributed by atoms with Gasteiger partial charge in [0.05, 0.1) is 7.11 Å². The zero-order valence-corrected chi connectivity index (χ0v) is 12.5. The number of aromatic nitrogens is 1. The standard InChI is InChI=1S/C17H12F2N2O3/c1-23-10-5-2-4-9(8-10)15-14(16(20)22)21-17(24-15)13-11(18)6-3-7-12(13)19/h2-8H,1H3,(H2,20,22). The van der Waals surface area contributed by atoms with E-state index >= 15 is 0 Å². The van der Waals surface area contributed by atoms with Gasteiger partial charge in [0.15, 0.2) is 11.5 Å². The Labute approximate surface area is 135 Å². The second kappa shape index (κ2) is 6.11. The van der Waals surface area contributed by atoms with E-state index in [1.165, 1.54) is 13.2 Å². The fraction of sp³-hybridized carbons (Fsp3) is 0.0588. The molecule has 2 aromatic carbocycles. The molecule has 122 valence electrons. The maximum Gasteiger partial charge on any atom is 0.271 e. The molecule has 1 heterocycles. The molecule has 0 spiro atoms. The van der Waals surface area contributed by atoms with Gasteiger partial charge in [-0.15, -0.1) is 0 Å². The quantitative estimate of drug-likeness (QED) is 0.795. The van der Waals surface area contributed by atoms with Crippen molar-refractivity contribution >= 4 is 5.91 Å². The summed E-state index contributed by atoms with van der Waals surface area (Å²) in [5, 5.41) is 0. The van der Waals surface area contributed by atoms with Gasteiger partial charge in [0.1, 0.15) is 22.9 Å². The van der Waals surface area contributed by atoms with Crippen molar-refractivity contribution in [2.45, 2.75) is 0 Å². The fourth-order valence-electron chi connectivity index (χ4n) is 2.26. The molecule has 0 unspecified atom stereocenters. The van der Waals surface area contributed by atoms with Crippen molar-refractivity contribution in [3.8, 4) is 28.5 Å². The van der Waals surface area contributed by atoms with Gasteiger partial charge in [-0.25, -0.2) is 13.8 Å². The van der Waals surface area contributed by atoms with Crippen molar-refractivity contribution in [2.75, 3.05) is 7.11 Å². The molecule has 0 saturated heterocycles. The molecule has 24 heavy (non-hydrogen) atoms. The van der Waals surface area contributed by atoms with Crippen LogP contribution in [0.25, 0.3) is 22.8 Å². The number of amides is 1. The van der Waals surface area contributed by atoms with Crippen LogP contribution in [0, 0.1) is 11.6 Å². The Morgan fingerprint density at radius 2 is 1.83 bits per heavy atom. The Morgan fingerprint density at radius 1 is 1.17 bits per heavy atom. The Balaban J connectivity index is 2.21. The van der Waals surface area contributed by atoms with Crippen LogP contribution >= 0.6 is 0 Å². The first-order chi connectivity index (χ1) is 11.5. The molecule has 0 saturated carbocycles. The molecule has 0 atom stereocenters. The minimum atomic E-state index is -0.875. The van der Waals surface area contributed by atoms with E-state index in [-0.39, 0.29) is 17.3 Å². The SMILES string of the molecule is COc1cccc(-c2oc(-c3c(F)cccc3F)nc2C(N)=O)c1. The van der Waals surface area contributed by atoms with Crippen molar-refractivity contribution in [1.82, 2.24) is 4.98 Å². The van der Waals surface area contributed by atoms with Crippen LogP contribution in [0.3, 0.4) is 0 Å². The lowest BCUT2D eigenvalue weighted by Crippen LogP contribution is -2.12. The lowest BCUT2D eigenvalue weighted by molar-refractivity contribution is 0.0996. The molecular formula is C17H12F2N2O3. The summed E-state index contributed by atoms with van der Waals surface area (Å²) in [4.78, 5) is 15.5. The first-order valence-electron chi connectivity index (χ1n) is 6.90. The van der Waals surface area contributed by atoms with E-state index in [4.69, 9.17) is 14.9 Å². The summed E-state index contributed by atoms with van der Waals surface area (Å²) in [5.74, 6) is -2.43. The van der Waals surface area contributed by atoms with Gasteiger partial charge in [0, 0.05) is 5.56 Å². The van der Waals surface area contributed by atoms with Gasteiger partial charge >= 0.3 is 0 Å². The zero-order chi connectivity index (χ0) is 17.3. The third kappa shape index (κ3) is 2.71. The Kier molecular flexibility index (Phi) is 3.99. The molecule has 1 amide bonds. The van der Waals surface area contributed by atoms with E-state index in [0.717, 1.165) is 12.1 Å². The van der Waals surface area contributed by atoms with E-state index in [0.29, 0.717) is 11.3 Å². The number of primary amides is 1. The molecule has 3 aromatic rings. The van der Waals surface area contributed by atoms with Gasteiger partial charge < -0.3 is 14.9 Å². The highest BCUT2D eigenvalue weighted by Crippen LogP contribution is 2.33. The van der Waals surface area contributed by atoms with Gasteiger partial charge in [-0.2, -0.15) is 0 Å². The molecular weight excluding hydrogens is 318 g/mol. The molecule has 0 aliphatic carbocycles. The third-order valence-corrected chi connectivity index (χ3v) is 3.37. The molecule has 0 bridgehead atoms. The number of ether oxygens (including phenoxy) is 1. The van der Waals surface area contributed by atoms with Crippen LogP contribution in [0.1, 0.15) is 10.5 Å². The topological polar surface area (TPSA) is 78.3 Å². The number of methoxy groups -OCH3 is 1. The highest BCUT2D eigenvalue weighted by molar-refractivity contribution is 5.97. The number of oxazole rings is 1. The van der Waals surface area contributed by atoms with Crippen LogP contribution < -0.4 is 10.5 Å². The van der Waals surface area contributed by atoms with E-state index in [1.807, 2.05) is 0 Å². The number of rotatable bonds is 4. The normalized spacial score (nSPS) is 10.6. The third-order valence-electron chi connectivity index (χ3n) is 3.37. The summed E-state index contributed by atoms with van der Waals surface area (Å²) in [6, 6.07) is 9.95. The molecule has 0 fully saturated rings. The monoisotopic (exact) mass is 330 g/mol. The molecule has 2 N–H and O–H groups in total. The summed E-state index contributed by atoms with van der Waals surface area (Å²) < 4.78 is 38.4. The summed E-state index contributed by atoms with van der Waals surface area (Å²) >= 11 is 0. The Bertz CT molecular complexity index is 902. The van der Waals surface area contributed by atoms with Crippen molar-refractivity contribution < 1.29 is 22.7 Å². The summed E-state index contributed by atoms with van der Waals surface area (Å²) in [6.45, 7) is 0. The fourth-order valence-corrected chi connectivity index (χ4v) is 2.26. The molecule has 1 aromatic heterocycles. The number of carbonyl (C=O) groups is 1. The first-order valence-corrected chi connectivity index (χ1v) is 6.90. The predicted octanol–water partition coefficient (Wildman–Crippen LogP) is 3.39. The van der Waals surface area contributed by atoms with E-state index < -0.39 is 23.1 Å². The van der Waals surface area contributed by atoms with Crippen molar-refractivity contribution in [3.05, 3.63) is 59.8 Å². The maximum absolute atomic E-state index is 13.9. The number of benzene rings is 2. The lowest BCUT2D eigenvalue weighted by atomic mass is 10.1. The van der Waals surface area contributed by atoms with E-state index in [1.54, 1.807) is 24.3 Å². The predicted molar refractivity (Wildman–Crippen MR) is 82.4 cm³/mol. The molecule has 3 rings (SSSR count). The lowest BCUT2D eigenvalue weighted by Gasteiger charge is -2.03. The van der Waals surface area contributed by atoms with Crippen LogP contribution in [0.5, 0.6) is 5.75 Å². The average Bonchev–Trinajstić information content (AvgIpc) is 3.00. The van der Waals surface area contributed by atoms with Crippen LogP contribution in [0.2, 0.25) is 0 Å². The number of halogens is 2. The van der Waals surface area contributed by atoms with Gasteiger partial charge in [-0.3, -0.25) is 4.79 Å². The van der Waals surface area contributed by atoms with Crippen LogP contribution in [-0.4, -0.2) is 18.0 Å². The molecule has 0 aliphatic rings. The molecule has 5 nitrogen and oxygen atoms in total. The van der Waals surface area contributed by atoms with E-state index in [2.05, 4.69) is 4.98 Å². The second-order valence-corrected chi connectivity index (χ2v) is 4.89. The first kappa shape index (κ1) is 15.7. The Morgan fingerprint density at radius 3 is 2.46 bits per heavy atom. The number of nitrogens with two attached hydrogens (primary N) is 1. The minimum absolute atomic E-state index is 0.0130. The number of carbonyl (C=O) groups excluding carboxylic acids is 1. The number of nitrogens with zero attached hydrogens (tertiary/aromatic N) is 1.